The Morgan fingerprint density at radius 2 is 1.71 bits per heavy atom. The topological polar surface area (TPSA) is 78.4 Å². The zero-order chi connectivity index (χ0) is 15.7. The zero-order valence-electron chi connectivity index (χ0n) is 13.5. The largest absolute Gasteiger partial charge is 0.461 e. The number of rotatable bonds is 10. The number of anilines is 1. The summed E-state index contributed by atoms with van der Waals surface area (Å²) in [6, 6.07) is 0.499. The van der Waals surface area contributed by atoms with Crippen LogP contribution in [0.2, 0.25) is 0 Å². The Balaban J connectivity index is 2.56. The lowest BCUT2D eigenvalue weighted by Crippen LogP contribution is -2.15. The van der Waals surface area contributed by atoms with Gasteiger partial charge in [-0.15, -0.1) is 4.98 Å². The first-order valence-corrected chi connectivity index (χ1v) is 7.38. The van der Waals surface area contributed by atoms with Crippen molar-refractivity contribution in [3.05, 3.63) is 0 Å². The molecule has 0 aromatic carbocycles. The molecule has 7 heteroatoms. The van der Waals surface area contributed by atoms with E-state index in [0.29, 0.717) is 38.2 Å². The molecule has 1 aromatic heterocycles. The highest BCUT2D eigenvalue weighted by Crippen LogP contribution is 2.14. The van der Waals surface area contributed by atoms with Crippen molar-refractivity contribution in [1.82, 2.24) is 15.0 Å². The number of aromatic nitrogens is 3. The van der Waals surface area contributed by atoms with Crippen LogP contribution in [-0.4, -0.2) is 47.4 Å². The van der Waals surface area contributed by atoms with E-state index in [1.165, 1.54) is 0 Å². The Bertz CT molecular complexity index is 413. The van der Waals surface area contributed by atoms with Crippen LogP contribution in [0.5, 0.6) is 12.0 Å². The molecule has 0 radical (unpaired) electrons. The summed E-state index contributed by atoms with van der Waals surface area (Å²) in [5.41, 5.74) is 0. The molecule has 0 bridgehead atoms. The summed E-state index contributed by atoms with van der Waals surface area (Å²) < 4.78 is 16.4. The van der Waals surface area contributed by atoms with Crippen LogP contribution in [-0.2, 0) is 4.74 Å². The van der Waals surface area contributed by atoms with Crippen molar-refractivity contribution < 1.29 is 14.2 Å². The Morgan fingerprint density at radius 1 is 1.00 bits per heavy atom. The van der Waals surface area contributed by atoms with Crippen LogP contribution in [0.25, 0.3) is 0 Å². The van der Waals surface area contributed by atoms with E-state index in [2.05, 4.69) is 34.1 Å². The molecule has 0 amide bonds. The molecule has 7 nitrogen and oxygen atoms in total. The van der Waals surface area contributed by atoms with Gasteiger partial charge in [0.2, 0.25) is 5.95 Å². The highest BCUT2D eigenvalue weighted by Gasteiger charge is 2.09. The van der Waals surface area contributed by atoms with Gasteiger partial charge >= 0.3 is 12.0 Å². The molecule has 0 spiro atoms. The van der Waals surface area contributed by atoms with Crippen LogP contribution in [0.4, 0.5) is 5.95 Å². The molecule has 1 heterocycles. The summed E-state index contributed by atoms with van der Waals surface area (Å²) in [6.07, 6.45) is -0.0101. The van der Waals surface area contributed by atoms with Crippen LogP contribution in [0.1, 0.15) is 34.6 Å². The molecule has 0 unspecified atom stereocenters. The quantitative estimate of drug-likeness (QED) is 0.663. The molecule has 0 aliphatic rings. The molecule has 0 fully saturated rings. The molecular formula is C14H26N4O3. The van der Waals surface area contributed by atoms with Gasteiger partial charge in [-0.2, -0.15) is 9.97 Å². The monoisotopic (exact) mass is 298 g/mol. The lowest BCUT2D eigenvalue weighted by atomic mass is 10.2. The maximum absolute atomic E-state index is 5.49. The van der Waals surface area contributed by atoms with E-state index < -0.39 is 0 Å². The highest BCUT2D eigenvalue weighted by molar-refractivity contribution is 5.27. The highest BCUT2D eigenvalue weighted by atomic mass is 16.5. The summed E-state index contributed by atoms with van der Waals surface area (Å²) in [7, 11) is 0. The lowest BCUT2D eigenvalue weighted by molar-refractivity contribution is 0.0786. The minimum Gasteiger partial charge on any atom is -0.461 e. The van der Waals surface area contributed by atoms with Gasteiger partial charge in [-0.25, -0.2) is 0 Å². The predicted octanol–water partition coefficient (Wildman–Crippen LogP) is 2.14. The van der Waals surface area contributed by atoms with Gasteiger partial charge in [0.25, 0.3) is 0 Å². The molecule has 0 aliphatic carbocycles. The SMILES string of the molecule is CCNc1nc(OCCOCC(C)C)nc(OC(C)C)n1. The molecule has 120 valence electrons. The van der Waals surface area contributed by atoms with Gasteiger partial charge in [0.15, 0.2) is 0 Å². The van der Waals surface area contributed by atoms with Gasteiger partial charge in [-0.05, 0) is 26.7 Å². The average molecular weight is 298 g/mol. The van der Waals surface area contributed by atoms with E-state index in [0.717, 1.165) is 0 Å². The third kappa shape index (κ3) is 7.65. The molecule has 0 saturated carbocycles. The lowest BCUT2D eigenvalue weighted by Gasteiger charge is -2.11. The number of hydrogen-bond donors (Lipinski definition) is 1. The maximum atomic E-state index is 5.49. The standard InChI is InChI=1S/C14H26N4O3/c1-6-15-12-16-13(18-14(17-12)21-11(4)5)20-8-7-19-9-10(2)3/h10-11H,6-9H2,1-5H3,(H,15,16,17,18). The van der Waals surface area contributed by atoms with Crippen molar-refractivity contribution in [2.75, 3.05) is 31.7 Å². The average Bonchev–Trinajstić information content (AvgIpc) is 2.37. The van der Waals surface area contributed by atoms with Crippen LogP contribution in [0.15, 0.2) is 0 Å². The summed E-state index contributed by atoms with van der Waals surface area (Å²) >= 11 is 0. The van der Waals surface area contributed by atoms with Crippen molar-refractivity contribution in [3.8, 4) is 12.0 Å². The molecule has 0 saturated heterocycles. The second-order valence-electron chi connectivity index (χ2n) is 5.24. The molecule has 0 aliphatic heterocycles. The fraction of sp³-hybridized carbons (Fsp3) is 0.786. The van der Waals surface area contributed by atoms with E-state index in [9.17, 15) is 0 Å². The van der Waals surface area contributed by atoms with Gasteiger partial charge in [0.1, 0.15) is 6.61 Å². The van der Waals surface area contributed by atoms with Crippen molar-refractivity contribution in [3.63, 3.8) is 0 Å². The number of nitrogens with zero attached hydrogens (tertiary/aromatic N) is 3. The first kappa shape index (κ1) is 17.4. The van der Waals surface area contributed by atoms with E-state index in [1.54, 1.807) is 0 Å². The zero-order valence-corrected chi connectivity index (χ0v) is 13.5. The Kier molecular flexibility index (Phi) is 7.74. The normalized spacial score (nSPS) is 11.0. The van der Waals surface area contributed by atoms with Crippen molar-refractivity contribution >= 4 is 5.95 Å². The minimum atomic E-state index is -0.0101. The number of hydrogen-bond acceptors (Lipinski definition) is 7. The van der Waals surface area contributed by atoms with Gasteiger partial charge in [-0.1, -0.05) is 13.8 Å². The van der Waals surface area contributed by atoms with Gasteiger partial charge in [0.05, 0.1) is 12.7 Å². The van der Waals surface area contributed by atoms with Crippen molar-refractivity contribution in [2.24, 2.45) is 5.92 Å². The first-order valence-electron chi connectivity index (χ1n) is 7.38. The van der Waals surface area contributed by atoms with Crippen LogP contribution < -0.4 is 14.8 Å². The number of ether oxygens (including phenoxy) is 3. The van der Waals surface area contributed by atoms with Crippen LogP contribution in [0, 0.1) is 5.92 Å². The Morgan fingerprint density at radius 3 is 2.33 bits per heavy atom. The third-order valence-corrected chi connectivity index (χ3v) is 2.18. The molecule has 1 aromatic rings. The Labute approximate surface area is 126 Å². The summed E-state index contributed by atoms with van der Waals surface area (Å²) in [5, 5.41) is 3.02. The minimum absolute atomic E-state index is 0.0101. The molecular weight excluding hydrogens is 272 g/mol. The fourth-order valence-corrected chi connectivity index (χ4v) is 1.41. The van der Waals surface area contributed by atoms with Crippen LogP contribution in [0.3, 0.4) is 0 Å². The van der Waals surface area contributed by atoms with Gasteiger partial charge in [0, 0.05) is 13.2 Å². The molecule has 1 N–H and O–H groups in total. The summed E-state index contributed by atoms with van der Waals surface area (Å²) in [5.74, 6) is 0.954. The maximum Gasteiger partial charge on any atom is 0.324 e. The smallest absolute Gasteiger partial charge is 0.324 e. The summed E-state index contributed by atoms with van der Waals surface area (Å²) in [4.78, 5) is 12.5. The predicted molar refractivity (Wildman–Crippen MR) is 80.9 cm³/mol. The van der Waals surface area contributed by atoms with E-state index in [4.69, 9.17) is 14.2 Å². The van der Waals surface area contributed by atoms with E-state index in [-0.39, 0.29) is 18.1 Å². The second-order valence-corrected chi connectivity index (χ2v) is 5.24. The third-order valence-electron chi connectivity index (χ3n) is 2.18. The molecule has 1 rings (SSSR count). The second kappa shape index (κ2) is 9.33. The molecule has 0 atom stereocenters. The Hall–Kier alpha value is -1.63. The van der Waals surface area contributed by atoms with Crippen LogP contribution >= 0.6 is 0 Å². The van der Waals surface area contributed by atoms with Gasteiger partial charge < -0.3 is 19.5 Å². The number of nitrogens with one attached hydrogen (secondary N) is 1. The first-order chi connectivity index (χ1) is 10.0. The van der Waals surface area contributed by atoms with Crippen molar-refractivity contribution in [1.29, 1.82) is 0 Å². The van der Waals surface area contributed by atoms with E-state index >= 15 is 0 Å². The summed E-state index contributed by atoms with van der Waals surface area (Å²) in [6.45, 7) is 12.3. The van der Waals surface area contributed by atoms with Crippen molar-refractivity contribution in [2.45, 2.75) is 40.7 Å². The molecule has 21 heavy (non-hydrogen) atoms. The van der Waals surface area contributed by atoms with Gasteiger partial charge in [-0.3, -0.25) is 0 Å². The van der Waals surface area contributed by atoms with E-state index in [1.807, 2.05) is 20.8 Å². The fourth-order valence-electron chi connectivity index (χ4n) is 1.41.